The molecule has 2 fully saturated rings. The summed E-state index contributed by atoms with van der Waals surface area (Å²) in [6, 6.07) is 8.01. The van der Waals surface area contributed by atoms with Crippen LogP contribution in [0.15, 0.2) is 24.3 Å². The summed E-state index contributed by atoms with van der Waals surface area (Å²) < 4.78 is 4.79. The van der Waals surface area contributed by atoms with Gasteiger partial charge in [0.25, 0.3) is 0 Å². The molecule has 27 heavy (non-hydrogen) atoms. The number of fused-ring (bicyclic) bond motifs is 6. The predicted molar refractivity (Wildman–Crippen MR) is 100 cm³/mol. The van der Waals surface area contributed by atoms with Crippen molar-refractivity contribution in [3.63, 3.8) is 0 Å². The van der Waals surface area contributed by atoms with Crippen molar-refractivity contribution in [2.75, 3.05) is 20.2 Å². The third-order valence-corrected chi connectivity index (χ3v) is 7.32. The maximum Gasteiger partial charge on any atom is 0.311 e. The molecule has 1 aromatic carbocycles. The van der Waals surface area contributed by atoms with E-state index in [4.69, 9.17) is 4.74 Å². The van der Waals surface area contributed by atoms with Crippen LogP contribution in [0.2, 0.25) is 0 Å². The summed E-state index contributed by atoms with van der Waals surface area (Å²) in [5.74, 6) is -0.672. The summed E-state index contributed by atoms with van der Waals surface area (Å²) in [5, 5.41) is 25.5. The van der Waals surface area contributed by atoms with Gasteiger partial charge in [-0.25, -0.2) is 0 Å². The summed E-state index contributed by atoms with van der Waals surface area (Å²) in [5.41, 5.74) is 3.37. The van der Waals surface area contributed by atoms with Crippen molar-refractivity contribution in [1.82, 2.24) is 4.98 Å². The van der Waals surface area contributed by atoms with E-state index in [9.17, 15) is 15.1 Å². The monoisotopic (exact) mass is 370 g/mol. The van der Waals surface area contributed by atoms with Gasteiger partial charge in [0.1, 0.15) is 6.04 Å². The average molecular weight is 370 g/mol. The fourth-order valence-electron chi connectivity index (χ4n) is 6.04. The number of piperidine rings is 1. The van der Waals surface area contributed by atoms with Gasteiger partial charge < -0.3 is 24.7 Å². The van der Waals surface area contributed by atoms with Gasteiger partial charge in [-0.05, 0) is 30.4 Å². The second-order valence-electron chi connectivity index (χ2n) is 8.54. The highest BCUT2D eigenvalue weighted by Crippen LogP contribution is 2.52. The molecule has 6 nitrogen and oxygen atoms in total. The molecule has 2 aromatic rings. The predicted octanol–water partition coefficient (Wildman–Crippen LogP) is 2.66. The van der Waals surface area contributed by atoms with Crippen molar-refractivity contribution in [3.8, 4) is 0 Å². The number of esters is 1. The Morgan fingerprint density at radius 1 is 1.33 bits per heavy atom. The van der Waals surface area contributed by atoms with Crippen LogP contribution in [0.1, 0.15) is 36.6 Å². The molecule has 0 bridgehead atoms. The van der Waals surface area contributed by atoms with E-state index in [1.54, 1.807) is 0 Å². The standard InChI is InChI=1S/C21H26N2O4/c1-27-21(25)19-15-10-17-20-14(13-4-2-3-5-16(13)22-20)8-9-23(17,26)11-12(15)6-7-18(19)24/h2-5,12,15,17-19,22,24H,6-11H2,1H3/t12-,15+,17-,18-,19+,23?/m0/s1. The first-order chi connectivity index (χ1) is 13.0. The fraction of sp³-hybridized carbons (Fsp3) is 0.571. The van der Waals surface area contributed by atoms with Crippen LogP contribution >= 0.6 is 0 Å². The Kier molecular flexibility index (Phi) is 3.86. The Morgan fingerprint density at radius 3 is 2.96 bits per heavy atom. The van der Waals surface area contributed by atoms with Crippen molar-refractivity contribution < 1.29 is 19.3 Å². The molecule has 1 saturated carbocycles. The van der Waals surface area contributed by atoms with Crippen LogP contribution in [-0.2, 0) is 16.0 Å². The third-order valence-electron chi connectivity index (χ3n) is 7.32. The van der Waals surface area contributed by atoms with Crippen LogP contribution in [0.3, 0.4) is 0 Å². The molecule has 1 aromatic heterocycles. The van der Waals surface area contributed by atoms with E-state index in [2.05, 4.69) is 17.1 Å². The molecule has 3 aliphatic rings. The number of rotatable bonds is 1. The Hall–Kier alpha value is -1.89. The summed E-state index contributed by atoms with van der Waals surface area (Å²) in [7, 11) is 1.38. The smallest absolute Gasteiger partial charge is 0.311 e. The van der Waals surface area contributed by atoms with Gasteiger partial charge in [0.2, 0.25) is 0 Å². The van der Waals surface area contributed by atoms with E-state index in [-0.39, 0.29) is 28.5 Å². The number of hydrogen-bond donors (Lipinski definition) is 2. The van der Waals surface area contributed by atoms with Crippen LogP contribution in [-0.4, -0.2) is 47.0 Å². The lowest BCUT2D eigenvalue weighted by Crippen LogP contribution is -2.60. The van der Waals surface area contributed by atoms with Crippen molar-refractivity contribution in [2.24, 2.45) is 17.8 Å². The summed E-state index contributed by atoms with van der Waals surface area (Å²) >= 11 is 0. The van der Waals surface area contributed by atoms with Crippen LogP contribution in [0, 0.1) is 23.0 Å². The number of hydroxylamine groups is 3. The zero-order valence-electron chi connectivity index (χ0n) is 15.6. The highest BCUT2D eigenvalue weighted by atomic mass is 16.5. The largest absolute Gasteiger partial charge is 0.632 e. The van der Waals surface area contributed by atoms with Crippen LogP contribution in [0.5, 0.6) is 0 Å². The first-order valence-electron chi connectivity index (χ1n) is 9.95. The number of para-hydroxylation sites is 1. The number of carbonyl (C=O) groups excluding carboxylic acids is 1. The van der Waals surface area contributed by atoms with Crippen molar-refractivity contribution in [3.05, 3.63) is 40.7 Å². The SMILES string of the molecule is COC(=O)[C@@H]1[C@@H]2C[C@H]3c4[nH]c5ccccc5c4CC[N+]3([O-])C[C@@H]2CC[C@@H]1O. The molecule has 1 aliphatic carbocycles. The third kappa shape index (κ3) is 2.47. The zero-order valence-corrected chi connectivity index (χ0v) is 15.6. The minimum Gasteiger partial charge on any atom is -0.632 e. The highest BCUT2D eigenvalue weighted by molar-refractivity contribution is 5.85. The van der Waals surface area contributed by atoms with Crippen LogP contribution in [0.4, 0.5) is 0 Å². The Balaban J connectivity index is 1.56. The molecule has 5 rings (SSSR count). The zero-order chi connectivity index (χ0) is 18.8. The number of aliphatic hydroxyl groups is 1. The maximum absolute atomic E-state index is 13.8. The van der Waals surface area contributed by atoms with Gasteiger partial charge in [0, 0.05) is 29.7 Å². The normalized spacial score (nSPS) is 38.0. The van der Waals surface area contributed by atoms with Gasteiger partial charge in [-0.1, -0.05) is 18.2 Å². The number of H-pyrrole nitrogens is 1. The summed E-state index contributed by atoms with van der Waals surface area (Å²) in [6.07, 6.45) is 2.14. The molecule has 144 valence electrons. The molecule has 3 heterocycles. The highest BCUT2D eigenvalue weighted by Gasteiger charge is 2.53. The van der Waals surface area contributed by atoms with Gasteiger partial charge in [0.05, 0.1) is 37.9 Å². The number of quaternary nitrogens is 1. The number of benzene rings is 1. The van der Waals surface area contributed by atoms with Crippen LogP contribution in [0.25, 0.3) is 10.9 Å². The van der Waals surface area contributed by atoms with Gasteiger partial charge in [-0.3, -0.25) is 4.79 Å². The molecule has 0 spiro atoms. The second-order valence-corrected chi connectivity index (χ2v) is 8.54. The minimum atomic E-state index is -0.670. The summed E-state index contributed by atoms with van der Waals surface area (Å²) in [4.78, 5) is 15.9. The number of carbonyl (C=O) groups is 1. The van der Waals surface area contributed by atoms with E-state index in [1.807, 2.05) is 12.1 Å². The number of aromatic nitrogens is 1. The number of aromatic amines is 1. The first-order valence-corrected chi connectivity index (χ1v) is 9.95. The Morgan fingerprint density at radius 2 is 2.15 bits per heavy atom. The quantitative estimate of drug-likeness (QED) is 0.459. The Bertz CT molecular complexity index is 893. The van der Waals surface area contributed by atoms with Gasteiger partial charge in [0.15, 0.2) is 0 Å². The number of nitrogens with zero attached hydrogens (tertiary/aromatic N) is 1. The molecular formula is C21H26N2O4. The van der Waals surface area contributed by atoms with E-state index >= 15 is 0 Å². The first kappa shape index (κ1) is 17.2. The molecule has 6 atom stereocenters. The van der Waals surface area contributed by atoms with Crippen molar-refractivity contribution in [1.29, 1.82) is 0 Å². The number of nitrogens with one attached hydrogen (secondary N) is 1. The van der Waals surface area contributed by atoms with E-state index < -0.39 is 12.0 Å². The molecule has 0 radical (unpaired) electrons. The second kappa shape index (κ2) is 6.06. The number of aliphatic hydroxyl groups excluding tert-OH is 1. The lowest BCUT2D eigenvalue weighted by molar-refractivity contribution is -0.924. The van der Waals surface area contributed by atoms with E-state index in [0.29, 0.717) is 25.9 Å². The molecule has 6 heteroatoms. The molecule has 1 saturated heterocycles. The van der Waals surface area contributed by atoms with Gasteiger partial charge in [-0.15, -0.1) is 0 Å². The van der Waals surface area contributed by atoms with Gasteiger partial charge in [-0.2, -0.15) is 0 Å². The molecule has 1 unspecified atom stereocenters. The number of methoxy groups -OCH3 is 1. The van der Waals surface area contributed by atoms with Crippen molar-refractivity contribution in [2.45, 2.75) is 37.8 Å². The summed E-state index contributed by atoms with van der Waals surface area (Å²) in [6.45, 7) is 1.12. The van der Waals surface area contributed by atoms with Crippen molar-refractivity contribution >= 4 is 16.9 Å². The van der Waals surface area contributed by atoms with Crippen LogP contribution < -0.4 is 0 Å². The Labute approximate surface area is 158 Å². The van der Waals surface area contributed by atoms with Gasteiger partial charge >= 0.3 is 5.97 Å². The number of hydrogen-bond acceptors (Lipinski definition) is 4. The minimum absolute atomic E-state index is 0.00348. The lowest BCUT2D eigenvalue weighted by Gasteiger charge is -2.59. The van der Waals surface area contributed by atoms with E-state index in [1.165, 1.54) is 18.1 Å². The topological polar surface area (TPSA) is 85.4 Å². The van der Waals surface area contributed by atoms with E-state index in [0.717, 1.165) is 24.1 Å². The number of ether oxygens (including phenoxy) is 1. The average Bonchev–Trinajstić information content (AvgIpc) is 3.05. The molecule has 0 amide bonds. The lowest BCUT2D eigenvalue weighted by atomic mass is 9.64. The fourth-order valence-corrected chi connectivity index (χ4v) is 6.04. The molecule has 2 N–H and O–H groups in total. The molecule has 2 aliphatic heterocycles. The molecular weight excluding hydrogens is 344 g/mol. The maximum atomic E-state index is 13.8.